The van der Waals surface area contributed by atoms with Crippen LogP contribution in [0.5, 0.6) is 0 Å². The molecule has 1 N–H and O–H groups in total. The van der Waals surface area contributed by atoms with E-state index in [1.54, 1.807) is 39.5 Å². The third-order valence-corrected chi connectivity index (χ3v) is 7.93. The number of phosphoric acid groups is 1. The van der Waals surface area contributed by atoms with Crippen molar-refractivity contribution in [1.82, 2.24) is 5.32 Å². The summed E-state index contributed by atoms with van der Waals surface area (Å²) in [4.78, 5) is 14.5. The number of nitrogens with one attached hydrogen (secondary N) is 1. The van der Waals surface area contributed by atoms with Crippen molar-refractivity contribution in [2.75, 3.05) is 20.8 Å². The Morgan fingerprint density at radius 2 is 1.69 bits per heavy atom. The molecule has 0 saturated carbocycles. The van der Waals surface area contributed by atoms with Crippen molar-refractivity contribution in [3.05, 3.63) is 58.1 Å². The first kappa shape index (κ1) is 31.0. The van der Waals surface area contributed by atoms with Crippen LogP contribution in [0.15, 0.2) is 52.3 Å². The Hall–Kier alpha value is -1.25. The van der Waals surface area contributed by atoms with E-state index in [1.165, 1.54) is 14.2 Å². The number of aryl methyl sites for hydroxylation is 1. The van der Waals surface area contributed by atoms with Crippen molar-refractivity contribution in [3.8, 4) is 0 Å². The van der Waals surface area contributed by atoms with Gasteiger partial charge in [0, 0.05) is 34.1 Å². The average Bonchev–Trinajstić information content (AvgIpc) is 2.78. The molecular weight excluding hydrogens is 544 g/mol. The topological polar surface area (TPSA) is 83.1 Å². The molecule has 0 fully saturated rings. The van der Waals surface area contributed by atoms with Gasteiger partial charge in [0.1, 0.15) is 5.60 Å². The summed E-state index contributed by atoms with van der Waals surface area (Å²) < 4.78 is 32.9. The van der Waals surface area contributed by atoms with Crippen LogP contribution < -0.4 is 5.32 Å². The van der Waals surface area contributed by atoms with Crippen molar-refractivity contribution in [1.29, 1.82) is 0 Å². The molecule has 0 aromatic heterocycles. The van der Waals surface area contributed by atoms with Crippen molar-refractivity contribution in [2.45, 2.75) is 67.9 Å². The van der Waals surface area contributed by atoms with E-state index in [1.807, 2.05) is 42.5 Å². The van der Waals surface area contributed by atoms with Gasteiger partial charge in [0.15, 0.2) is 0 Å². The van der Waals surface area contributed by atoms with Crippen LogP contribution in [0, 0.1) is 0 Å². The number of rotatable bonds is 12. The zero-order valence-corrected chi connectivity index (χ0v) is 24.7. The first-order valence-electron chi connectivity index (χ1n) is 11.4. The highest BCUT2D eigenvalue weighted by molar-refractivity contribution is 7.99. The quantitative estimate of drug-likeness (QED) is 0.255. The Morgan fingerprint density at radius 1 is 1.03 bits per heavy atom. The smallest absolute Gasteiger partial charge is 0.444 e. The van der Waals surface area contributed by atoms with Gasteiger partial charge in [-0.3, -0.25) is 13.6 Å². The molecule has 11 heteroatoms. The maximum atomic E-state index is 12.5. The van der Waals surface area contributed by atoms with Gasteiger partial charge in [0.25, 0.3) is 0 Å². The number of hydrogen-bond donors (Lipinski definition) is 1. The van der Waals surface area contributed by atoms with Crippen LogP contribution in [0.1, 0.15) is 46.1 Å². The number of benzene rings is 2. The summed E-state index contributed by atoms with van der Waals surface area (Å²) in [5.74, 6) is 0. The Bertz CT molecular complexity index is 1070. The van der Waals surface area contributed by atoms with E-state index in [-0.39, 0.29) is 6.61 Å². The molecule has 0 aliphatic carbocycles. The SMILES string of the molecule is COP(=O)(OC)OC[C@@](C)(CCCc1ccc(Sc2cccc(Cl)c2)cc1Cl)NC(=O)OC(C)(C)C. The van der Waals surface area contributed by atoms with E-state index in [4.69, 9.17) is 41.5 Å². The van der Waals surface area contributed by atoms with E-state index in [0.717, 1.165) is 15.4 Å². The number of halogens is 2. The molecule has 1 atom stereocenters. The Labute approximate surface area is 228 Å². The second-order valence-electron chi connectivity index (χ2n) is 9.44. The summed E-state index contributed by atoms with van der Waals surface area (Å²) in [6.07, 6.45) is 1.23. The summed E-state index contributed by atoms with van der Waals surface area (Å²) >= 11 is 14.2. The predicted molar refractivity (Wildman–Crippen MR) is 145 cm³/mol. The average molecular weight is 578 g/mol. The van der Waals surface area contributed by atoms with E-state index in [2.05, 4.69) is 5.32 Å². The van der Waals surface area contributed by atoms with Gasteiger partial charge in [-0.1, -0.05) is 47.1 Å². The van der Waals surface area contributed by atoms with Gasteiger partial charge in [-0.25, -0.2) is 9.36 Å². The van der Waals surface area contributed by atoms with Gasteiger partial charge < -0.3 is 10.1 Å². The molecule has 2 aromatic carbocycles. The summed E-state index contributed by atoms with van der Waals surface area (Å²) in [7, 11) is -1.25. The minimum Gasteiger partial charge on any atom is -0.444 e. The zero-order chi connectivity index (χ0) is 27.0. The molecule has 7 nitrogen and oxygen atoms in total. The lowest BCUT2D eigenvalue weighted by atomic mass is 9.94. The second-order valence-corrected chi connectivity index (χ2v) is 13.3. The molecule has 0 saturated heterocycles. The summed E-state index contributed by atoms with van der Waals surface area (Å²) in [5.41, 5.74) is -0.588. The van der Waals surface area contributed by atoms with Crippen molar-refractivity contribution in [3.63, 3.8) is 0 Å². The number of hydrogen-bond acceptors (Lipinski definition) is 7. The summed E-state index contributed by atoms with van der Waals surface area (Å²) in [6, 6.07) is 13.6. The van der Waals surface area contributed by atoms with E-state index in [9.17, 15) is 9.36 Å². The molecule has 0 aliphatic heterocycles. The lowest BCUT2D eigenvalue weighted by Crippen LogP contribution is -2.51. The molecule has 2 rings (SSSR count). The minimum atomic E-state index is -3.72. The van der Waals surface area contributed by atoms with E-state index in [0.29, 0.717) is 29.3 Å². The van der Waals surface area contributed by atoms with Crippen LogP contribution in [0.2, 0.25) is 10.0 Å². The second kappa shape index (κ2) is 13.5. The third-order valence-electron chi connectivity index (χ3n) is 5.02. The van der Waals surface area contributed by atoms with Crippen molar-refractivity contribution < 1.29 is 27.7 Å². The number of carbonyl (C=O) groups excluding carboxylic acids is 1. The number of phosphoric ester groups is 1. The third kappa shape index (κ3) is 10.6. The molecule has 1 amide bonds. The zero-order valence-electron chi connectivity index (χ0n) is 21.4. The Morgan fingerprint density at radius 3 is 2.28 bits per heavy atom. The molecule has 0 aliphatic rings. The maximum Gasteiger partial charge on any atom is 0.474 e. The highest BCUT2D eigenvalue weighted by atomic mass is 35.5. The first-order valence-corrected chi connectivity index (χ1v) is 14.4. The maximum absolute atomic E-state index is 12.5. The highest BCUT2D eigenvalue weighted by Crippen LogP contribution is 2.48. The fraction of sp³-hybridized carbons (Fsp3) is 0.480. The summed E-state index contributed by atoms with van der Waals surface area (Å²) in [6.45, 7) is 7.02. The molecular formula is C25H34Cl2NO6PS. The van der Waals surface area contributed by atoms with Gasteiger partial charge in [-0.05, 0) is 82.9 Å². The Balaban J connectivity index is 2.06. The number of carbonyl (C=O) groups is 1. The highest BCUT2D eigenvalue weighted by Gasteiger charge is 2.33. The largest absolute Gasteiger partial charge is 0.474 e. The van der Waals surface area contributed by atoms with Gasteiger partial charge >= 0.3 is 13.9 Å². The molecule has 0 bridgehead atoms. The molecule has 0 spiro atoms. The first-order chi connectivity index (χ1) is 16.8. The monoisotopic (exact) mass is 577 g/mol. The fourth-order valence-electron chi connectivity index (χ4n) is 3.25. The fourth-order valence-corrected chi connectivity index (χ4v) is 5.57. The predicted octanol–water partition coefficient (Wildman–Crippen LogP) is 8.17. The minimum absolute atomic E-state index is 0.103. The number of amides is 1. The van der Waals surface area contributed by atoms with Crippen molar-refractivity contribution in [2.24, 2.45) is 0 Å². The van der Waals surface area contributed by atoms with Crippen LogP contribution in [0.3, 0.4) is 0 Å². The van der Waals surface area contributed by atoms with Crippen molar-refractivity contribution >= 4 is 48.9 Å². The van der Waals surface area contributed by atoms with Crippen LogP contribution in [-0.4, -0.2) is 38.1 Å². The van der Waals surface area contributed by atoms with E-state index >= 15 is 0 Å². The molecule has 36 heavy (non-hydrogen) atoms. The van der Waals surface area contributed by atoms with Crippen LogP contribution in [-0.2, 0) is 29.3 Å². The summed E-state index contributed by atoms with van der Waals surface area (Å²) in [5, 5.41) is 4.19. The molecule has 200 valence electrons. The molecule has 0 heterocycles. The van der Waals surface area contributed by atoms with Gasteiger partial charge in [-0.2, -0.15) is 0 Å². The standard InChI is InChI=1S/C25H34Cl2NO6PS/c1-24(2,3)34-23(29)28-25(4,17-33-35(30,31-5)32-6)14-8-9-18-12-13-21(16-22(18)27)36-20-11-7-10-19(26)15-20/h7,10-13,15-16H,8-9,14,17H2,1-6H3,(H,28,29)/t25-/m1/s1. The number of alkyl carbamates (subject to hydrolysis) is 1. The van der Waals surface area contributed by atoms with Crippen LogP contribution in [0.25, 0.3) is 0 Å². The lowest BCUT2D eigenvalue weighted by Gasteiger charge is -2.32. The molecule has 0 radical (unpaired) electrons. The molecule has 0 unspecified atom stereocenters. The van der Waals surface area contributed by atoms with Crippen LogP contribution >= 0.6 is 42.8 Å². The normalized spacial score (nSPS) is 13.8. The van der Waals surface area contributed by atoms with Gasteiger partial charge in [0.2, 0.25) is 0 Å². The number of ether oxygens (including phenoxy) is 1. The Kier molecular flexibility index (Phi) is 11.6. The molecule has 2 aromatic rings. The van der Waals surface area contributed by atoms with Crippen LogP contribution in [0.4, 0.5) is 4.79 Å². The van der Waals surface area contributed by atoms with E-state index < -0.39 is 25.1 Å². The van der Waals surface area contributed by atoms with Gasteiger partial charge in [-0.15, -0.1) is 0 Å². The lowest BCUT2D eigenvalue weighted by molar-refractivity contribution is 0.0386. The van der Waals surface area contributed by atoms with Gasteiger partial charge in [0.05, 0.1) is 12.1 Å².